The lowest BCUT2D eigenvalue weighted by atomic mass is 10.3. The Morgan fingerprint density at radius 3 is 2.56 bits per heavy atom. The van der Waals surface area contributed by atoms with Crippen LogP contribution < -0.4 is 11.2 Å². The van der Waals surface area contributed by atoms with Crippen LogP contribution in [0.25, 0.3) is 22.2 Å². The first kappa shape index (κ1) is 11.5. The van der Waals surface area contributed by atoms with Crippen LogP contribution in [0.2, 0.25) is 0 Å². The summed E-state index contributed by atoms with van der Waals surface area (Å²) < 4.78 is 1.53. The van der Waals surface area contributed by atoms with Crippen LogP contribution in [0.3, 0.4) is 0 Å². The maximum atomic E-state index is 11.6. The van der Waals surface area contributed by atoms with E-state index in [9.17, 15) is 9.59 Å². The summed E-state index contributed by atoms with van der Waals surface area (Å²) in [5, 5.41) is 0. The Morgan fingerprint density at radius 2 is 1.78 bits per heavy atom. The largest absolute Gasteiger partial charge is 0.327 e. The highest BCUT2D eigenvalue weighted by molar-refractivity contribution is 9.13. The van der Waals surface area contributed by atoms with Gasteiger partial charge in [0.05, 0.1) is 9.99 Å². The number of halogens is 2. The topological polar surface area (TPSA) is 91.5 Å². The molecule has 2 N–H and O–H groups in total. The van der Waals surface area contributed by atoms with Crippen LogP contribution in [-0.2, 0) is 0 Å². The fourth-order valence-corrected chi connectivity index (χ4v) is 2.35. The first-order chi connectivity index (χ1) is 8.56. The van der Waals surface area contributed by atoms with Gasteiger partial charge >= 0.3 is 5.69 Å². The number of nitrogens with one attached hydrogen (secondary N) is 2. The third-order valence-corrected chi connectivity index (χ3v) is 4.40. The van der Waals surface area contributed by atoms with Crippen LogP contribution in [0, 0.1) is 0 Å². The van der Waals surface area contributed by atoms with Gasteiger partial charge in [-0.25, -0.2) is 14.8 Å². The normalized spacial score (nSPS) is 11.2. The maximum Gasteiger partial charge on any atom is 0.327 e. The number of hydrogen-bond donors (Lipinski definition) is 2. The molecule has 0 unspecified atom stereocenters. The Hall–Kier alpha value is -1.54. The number of benzene rings is 1. The second kappa shape index (κ2) is 3.99. The summed E-state index contributed by atoms with van der Waals surface area (Å²) in [6.45, 7) is 0. The SMILES string of the molecule is O=c1[nH]c(=O)c2nc3ccc(Br)c(Br)c3nc2[nH]1. The lowest BCUT2D eigenvalue weighted by Crippen LogP contribution is -2.23. The zero-order valence-corrected chi connectivity index (χ0v) is 11.8. The van der Waals surface area contributed by atoms with Gasteiger partial charge in [0, 0.05) is 4.47 Å². The van der Waals surface area contributed by atoms with E-state index in [1.54, 1.807) is 12.1 Å². The van der Waals surface area contributed by atoms with E-state index in [-0.39, 0.29) is 11.2 Å². The molecule has 8 heteroatoms. The second-order valence-corrected chi connectivity index (χ2v) is 5.21. The summed E-state index contributed by atoms with van der Waals surface area (Å²) in [5.41, 5.74) is 0.245. The molecule has 0 radical (unpaired) electrons. The highest BCUT2D eigenvalue weighted by atomic mass is 79.9. The molecule has 0 fully saturated rings. The van der Waals surface area contributed by atoms with Crippen LogP contribution in [0.15, 0.2) is 30.7 Å². The van der Waals surface area contributed by atoms with Gasteiger partial charge in [-0.3, -0.25) is 14.8 Å². The van der Waals surface area contributed by atoms with Crippen LogP contribution >= 0.6 is 31.9 Å². The third kappa shape index (κ3) is 1.68. The van der Waals surface area contributed by atoms with Gasteiger partial charge in [-0.1, -0.05) is 0 Å². The van der Waals surface area contributed by atoms with Crippen molar-refractivity contribution in [2.45, 2.75) is 0 Å². The van der Waals surface area contributed by atoms with Gasteiger partial charge in [-0.05, 0) is 44.0 Å². The van der Waals surface area contributed by atoms with Crippen LogP contribution in [0.1, 0.15) is 0 Å². The zero-order chi connectivity index (χ0) is 12.9. The third-order valence-electron chi connectivity index (χ3n) is 2.40. The number of hydrogen-bond acceptors (Lipinski definition) is 4. The molecule has 0 aliphatic carbocycles. The minimum atomic E-state index is -0.604. The summed E-state index contributed by atoms with van der Waals surface area (Å²) in [6, 6.07) is 3.54. The Kier molecular flexibility index (Phi) is 2.56. The Morgan fingerprint density at radius 1 is 1.00 bits per heavy atom. The van der Waals surface area contributed by atoms with E-state index < -0.39 is 11.2 Å². The molecule has 0 amide bonds. The highest BCUT2D eigenvalue weighted by Crippen LogP contribution is 2.29. The Balaban J connectivity index is 2.60. The minimum absolute atomic E-state index is 0.108. The molecule has 0 spiro atoms. The van der Waals surface area contributed by atoms with Crippen molar-refractivity contribution in [2.75, 3.05) is 0 Å². The Bertz CT molecular complexity index is 900. The average Bonchev–Trinajstić information content (AvgIpc) is 2.33. The van der Waals surface area contributed by atoms with Crippen molar-refractivity contribution in [3.8, 4) is 0 Å². The summed E-state index contributed by atoms with van der Waals surface area (Å²) >= 11 is 6.73. The number of H-pyrrole nitrogens is 2. The molecule has 0 aliphatic rings. The molecule has 0 saturated carbocycles. The fourth-order valence-electron chi connectivity index (χ4n) is 1.61. The van der Waals surface area contributed by atoms with Crippen molar-refractivity contribution >= 4 is 54.1 Å². The second-order valence-electron chi connectivity index (χ2n) is 3.56. The maximum absolute atomic E-state index is 11.6. The van der Waals surface area contributed by atoms with E-state index in [4.69, 9.17) is 0 Å². The van der Waals surface area contributed by atoms with Gasteiger partial charge < -0.3 is 0 Å². The molecule has 3 rings (SSSR count). The van der Waals surface area contributed by atoms with E-state index in [0.717, 1.165) is 8.95 Å². The monoisotopic (exact) mass is 370 g/mol. The number of nitrogens with zero attached hydrogens (tertiary/aromatic N) is 2. The van der Waals surface area contributed by atoms with Crippen molar-refractivity contribution in [3.05, 3.63) is 41.9 Å². The van der Waals surface area contributed by atoms with Gasteiger partial charge in [0.15, 0.2) is 11.2 Å². The van der Waals surface area contributed by atoms with Crippen molar-refractivity contribution in [2.24, 2.45) is 0 Å². The quantitative estimate of drug-likeness (QED) is 0.588. The number of fused-ring (bicyclic) bond motifs is 2. The van der Waals surface area contributed by atoms with Gasteiger partial charge in [-0.2, -0.15) is 0 Å². The van der Waals surface area contributed by atoms with Gasteiger partial charge in [0.1, 0.15) is 5.52 Å². The fraction of sp³-hybridized carbons (Fsp3) is 0. The summed E-state index contributed by atoms with van der Waals surface area (Å²) in [7, 11) is 0. The van der Waals surface area contributed by atoms with Crippen LogP contribution in [0.4, 0.5) is 0 Å². The lowest BCUT2D eigenvalue weighted by molar-refractivity contribution is 1.05. The van der Waals surface area contributed by atoms with E-state index in [1.165, 1.54) is 0 Å². The summed E-state index contributed by atoms with van der Waals surface area (Å²) in [4.78, 5) is 35.8. The molecule has 2 heterocycles. The molecule has 90 valence electrons. The van der Waals surface area contributed by atoms with Gasteiger partial charge in [0.25, 0.3) is 5.56 Å². The summed E-state index contributed by atoms with van der Waals surface area (Å²) in [5.74, 6) is 0. The van der Waals surface area contributed by atoms with E-state index in [2.05, 4.69) is 51.8 Å². The zero-order valence-electron chi connectivity index (χ0n) is 8.62. The van der Waals surface area contributed by atoms with Crippen LogP contribution in [-0.4, -0.2) is 19.9 Å². The summed E-state index contributed by atoms with van der Waals surface area (Å²) in [6.07, 6.45) is 0. The van der Waals surface area contributed by atoms with Crippen LogP contribution in [0.5, 0.6) is 0 Å². The molecule has 18 heavy (non-hydrogen) atoms. The lowest BCUT2D eigenvalue weighted by Gasteiger charge is -2.03. The minimum Gasteiger partial charge on any atom is -0.290 e. The van der Waals surface area contributed by atoms with Gasteiger partial charge in [0.2, 0.25) is 0 Å². The first-order valence-electron chi connectivity index (χ1n) is 4.84. The predicted octanol–water partition coefficient (Wildman–Crippen LogP) is 1.68. The molecule has 0 saturated heterocycles. The number of aromatic amines is 2. The van der Waals surface area contributed by atoms with E-state index in [0.29, 0.717) is 11.0 Å². The Labute approximate surface area is 116 Å². The van der Waals surface area contributed by atoms with Gasteiger partial charge in [-0.15, -0.1) is 0 Å². The molecular formula is C10H4Br2N4O2. The smallest absolute Gasteiger partial charge is 0.290 e. The van der Waals surface area contributed by atoms with E-state index >= 15 is 0 Å². The number of rotatable bonds is 0. The molecule has 3 aromatic rings. The molecule has 2 aromatic heterocycles. The molecule has 1 aromatic carbocycles. The molecule has 0 atom stereocenters. The molecular weight excluding hydrogens is 368 g/mol. The molecule has 0 bridgehead atoms. The van der Waals surface area contributed by atoms with Crippen molar-refractivity contribution in [1.29, 1.82) is 0 Å². The number of aromatic nitrogens is 4. The van der Waals surface area contributed by atoms with Crippen molar-refractivity contribution < 1.29 is 0 Å². The average molecular weight is 372 g/mol. The molecule has 0 aliphatic heterocycles. The highest BCUT2D eigenvalue weighted by Gasteiger charge is 2.10. The standard InChI is InChI=1S/C10H4Br2N4O2/c11-3-1-2-4-6(5(3)12)14-8-7(13-4)9(17)16-10(18)15-8/h1-2H,(H2,14,15,16,17,18). The predicted molar refractivity (Wildman–Crippen MR) is 73.7 cm³/mol. The van der Waals surface area contributed by atoms with Crippen molar-refractivity contribution in [1.82, 2.24) is 19.9 Å². The van der Waals surface area contributed by atoms with E-state index in [1.807, 2.05) is 0 Å². The van der Waals surface area contributed by atoms with Crippen molar-refractivity contribution in [3.63, 3.8) is 0 Å². The first-order valence-corrected chi connectivity index (χ1v) is 6.43. The molecule has 6 nitrogen and oxygen atoms in total.